The van der Waals surface area contributed by atoms with Crippen molar-refractivity contribution < 1.29 is 33.2 Å². The molecule has 0 aliphatic carbocycles. The number of pyridine rings is 1. The molecule has 2 N–H and O–H groups in total. The van der Waals surface area contributed by atoms with E-state index in [1.165, 1.54) is 43.1 Å². The topological polar surface area (TPSA) is 164 Å². The number of anilines is 1. The van der Waals surface area contributed by atoms with Gasteiger partial charge in [0, 0.05) is 11.6 Å². The smallest absolute Gasteiger partial charge is 0.411 e. The Balaban J connectivity index is 1.21. The predicted molar refractivity (Wildman–Crippen MR) is 147 cm³/mol. The van der Waals surface area contributed by atoms with Gasteiger partial charge in [-0.2, -0.15) is 4.98 Å². The molecule has 0 saturated carbocycles. The summed E-state index contributed by atoms with van der Waals surface area (Å²) >= 11 is 1.26. The van der Waals surface area contributed by atoms with Gasteiger partial charge < -0.3 is 24.1 Å². The summed E-state index contributed by atoms with van der Waals surface area (Å²) in [5.74, 6) is -0.544. The lowest BCUT2D eigenvalue weighted by molar-refractivity contribution is 0.120. The monoisotopic (exact) mass is 581 g/mol. The third-order valence-corrected chi connectivity index (χ3v) is 6.51. The summed E-state index contributed by atoms with van der Waals surface area (Å²) in [6.07, 6.45) is 2.93. The number of amides is 1. The highest BCUT2D eigenvalue weighted by Gasteiger charge is 2.17. The number of benzene rings is 1. The molecule has 13 nitrogen and oxygen atoms in total. The summed E-state index contributed by atoms with van der Waals surface area (Å²) in [6, 6.07) is 5.13. The van der Waals surface area contributed by atoms with Crippen LogP contribution in [0.25, 0.3) is 32.0 Å². The Kier molecular flexibility index (Phi) is 8.26. The molecule has 1 aromatic carbocycles. The molecule has 1 atom stereocenters. The van der Waals surface area contributed by atoms with Crippen molar-refractivity contribution in [3.05, 3.63) is 48.2 Å². The van der Waals surface area contributed by atoms with Crippen molar-refractivity contribution in [1.29, 1.82) is 0 Å². The predicted octanol–water partition coefficient (Wildman–Crippen LogP) is 3.93. The van der Waals surface area contributed by atoms with Gasteiger partial charge in [-0.1, -0.05) is 11.3 Å². The maximum absolute atomic E-state index is 14.7. The lowest BCUT2D eigenvalue weighted by Crippen LogP contribution is -2.19. The van der Waals surface area contributed by atoms with Crippen LogP contribution in [-0.4, -0.2) is 74.1 Å². The number of ether oxygens (including phenoxy) is 4. The van der Waals surface area contributed by atoms with Crippen molar-refractivity contribution in [2.45, 2.75) is 20.0 Å². The number of nitrogens with one attached hydrogen (secondary N) is 1. The lowest BCUT2D eigenvalue weighted by Gasteiger charge is -2.10. The third kappa shape index (κ3) is 6.53. The van der Waals surface area contributed by atoms with Crippen LogP contribution in [0.2, 0.25) is 0 Å². The van der Waals surface area contributed by atoms with Crippen LogP contribution in [0.3, 0.4) is 0 Å². The second-order valence-electron chi connectivity index (χ2n) is 8.69. The molecule has 0 aliphatic heterocycles. The van der Waals surface area contributed by atoms with Crippen LogP contribution in [0.1, 0.15) is 12.5 Å². The van der Waals surface area contributed by atoms with Crippen LogP contribution in [-0.2, 0) is 4.74 Å². The van der Waals surface area contributed by atoms with E-state index in [0.717, 1.165) is 11.1 Å². The van der Waals surface area contributed by atoms with E-state index in [1.54, 1.807) is 6.92 Å². The van der Waals surface area contributed by atoms with Crippen molar-refractivity contribution in [3.8, 4) is 28.3 Å². The minimum Gasteiger partial charge on any atom is -0.480 e. The zero-order valence-corrected chi connectivity index (χ0v) is 22.9. The van der Waals surface area contributed by atoms with Gasteiger partial charge in [0.15, 0.2) is 5.82 Å². The second kappa shape index (κ2) is 12.2. The Morgan fingerprint density at radius 2 is 1.88 bits per heavy atom. The average molecular weight is 582 g/mol. The third-order valence-electron chi connectivity index (χ3n) is 5.51. The number of rotatable bonds is 10. The van der Waals surface area contributed by atoms with Crippen molar-refractivity contribution in [1.82, 2.24) is 29.9 Å². The molecule has 0 aliphatic rings. The summed E-state index contributed by atoms with van der Waals surface area (Å²) in [5.41, 5.74) is 3.61. The first-order valence-electron chi connectivity index (χ1n) is 12.3. The van der Waals surface area contributed by atoms with Gasteiger partial charge in [0.05, 0.1) is 49.0 Å². The number of carbonyl (C=O) groups is 1. The molecule has 0 spiro atoms. The quantitative estimate of drug-likeness (QED) is 0.229. The van der Waals surface area contributed by atoms with Crippen molar-refractivity contribution in [3.63, 3.8) is 0 Å². The fourth-order valence-electron chi connectivity index (χ4n) is 3.64. The van der Waals surface area contributed by atoms with E-state index in [1.807, 2.05) is 19.1 Å². The molecule has 15 heteroatoms. The van der Waals surface area contributed by atoms with Gasteiger partial charge in [-0.3, -0.25) is 5.32 Å². The number of methoxy groups -OCH3 is 1. The number of hydrogen-bond donors (Lipinski definition) is 2. The molecule has 5 rings (SSSR count). The van der Waals surface area contributed by atoms with E-state index in [4.69, 9.17) is 24.1 Å². The number of halogens is 1. The van der Waals surface area contributed by atoms with Gasteiger partial charge in [0.25, 0.3) is 5.88 Å². The molecule has 0 saturated heterocycles. The van der Waals surface area contributed by atoms with Gasteiger partial charge in [-0.25, -0.2) is 34.1 Å². The molecule has 5 aromatic rings. The number of carbonyl (C=O) groups excluding carboxylic acids is 1. The summed E-state index contributed by atoms with van der Waals surface area (Å²) in [4.78, 5) is 38.1. The zero-order valence-electron chi connectivity index (χ0n) is 22.1. The Morgan fingerprint density at radius 1 is 1.07 bits per heavy atom. The second-order valence-corrected chi connectivity index (χ2v) is 9.66. The summed E-state index contributed by atoms with van der Waals surface area (Å²) in [5, 5.41) is 12.1. The van der Waals surface area contributed by atoms with E-state index < -0.39 is 18.0 Å². The molecule has 4 aromatic heterocycles. The molecule has 0 fully saturated rings. The number of fused-ring (bicyclic) bond motifs is 2. The number of nitrogens with zero attached hydrogens (tertiary/aromatic N) is 6. The van der Waals surface area contributed by atoms with Crippen molar-refractivity contribution >= 4 is 44.5 Å². The molecule has 0 unspecified atom stereocenters. The van der Waals surface area contributed by atoms with E-state index in [0.29, 0.717) is 32.3 Å². The minimum atomic E-state index is -0.781. The van der Waals surface area contributed by atoms with Crippen LogP contribution in [0.5, 0.6) is 17.8 Å². The van der Waals surface area contributed by atoms with Crippen LogP contribution >= 0.6 is 11.3 Å². The minimum absolute atomic E-state index is 0.0556. The SMILES string of the molecule is COc1cnc2c(-c3nc4cc(F)c(OCCOC(=O)Nc5cnc(O[C@@H](C)CO)nc5)nc4s3)cc(C)cc2n1. The van der Waals surface area contributed by atoms with Crippen LogP contribution in [0, 0.1) is 12.7 Å². The lowest BCUT2D eigenvalue weighted by atomic mass is 10.1. The standard InChI is InChI=1S/C26H24FN7O6S/c1-13-6-16(21-18(7-13)32-20(37-3)11-28-21)23-33-19-8-17(27)22(34-24(19)41-23)38-4-5-39-26(36)31-15-9-29-25(30-10-15)40-14(2)12-35/h6-11,14,35H,4-5,12H2,1-3H3,(H,31,36)/t14-/m0/s1. The fourth-order valence-corrected chi connectivity index (χ4v) is 4.57. The van der Waals surface area contributed by atoms with Gasteiger partial charge in [-0.05, 0) is 31.5 Å². The van der Waals surface area contributed by atoms with E-state index in [2.05, 4.69) is 35.2 Å². The van der Waals surface area contributed by atoms with E-state index in [9.17, 15) is 9.18 Å². The van der Waals surface area contributed by atoms with Gasteiger partial charge >= 0.3 is 12.1 Å². The van der Waals surface area contributed by atoms with Gasteiger partial charge in [0.1, 0.15) is 34.7 Å². The van der Waals surface area contributed by atoms with Crippen LogP contribution in [0.4, 0.5) is 14.9 Å². The maximum atomic E-state index is 14.7. The highest BCUT2D eigenvalue weighted by atomic mass is 32.1. The number of hydrogen-bond acceptors (Lipinski definition) is 13. The van der Waals surface area contributed by atoms with Crippen LogP contribution < -0.4 is 19.5 Å². The number of aliphatic hydroxyl groups is 1. The highest BCUT2D eigenvalue weighted by molar-refractivity contribution is 7.21. The molecule has 4 heterocycles. The van der Waals surface area contributed by atoms with Crippen molar-refractivity contribution in [2.75, 3.05) is 32.2 Å². The first-order valence-corrected chi connectivity index (χ1v) is 13.1. The summed E-state index contributed by atoms with van der Waals surface area (Å²) in [7, 11) is 1.52. The first-order chi connectivity index (χ1) is 19.8. The van der Waals surface area contributed by atoms with Crippen LogP contribution in [0.15, 0.2) is 36.8 Å². The first kappa shape index (κ1) is 27.8. The Labute approximate surface area is 236 Å². The van der Waals surface area contributed by atoms with Crippen molar-refractivity contribution in [2.24, 2.45) is 0 Å². The number of aliphatic hydroxyl groups excluding tert-OH is 1. The Morgan fingerprint density at radius 3 is 2.63 bits per heavy atom. The van der Waals surface area contributed by atoms with E-state index >= 15 is 0 Å². The fraction of sp³-hybridized carbons (Fsp3) is 0.269. The molecule has 212 valence electrons. The number of thiazole rings is 1. The largest absolute Gasteiger partial charge is 0.480 e. The maximum Gasteiger partial charge on any atom is 0.411 e. The summed E-state index contributed by atoms with van der Waals surface area (Å²) < 4.78 is 35.6. The highest BCUT2D eigenvalue weighted by Crippen LogP contribution is 2.35. The Bertz CT molecular complexity index is 1700. The molecule has 1 amide bonds. The molecule has 0 radical (unpaired) electrons. The summed E-state index contributed by atoms with van der Waals surface area (Å²) in [6.45, 7) is 3.09. The molecule has 41 heavy (non-hydrogen) atoms. The number of aryl methyl sites for hydroxylation is 1. The van der Waals surface area contributed by atoms with Gasteiger partial charge in [0.2, 0.25) is 5.88 Å². The zero-order chi connectivity index (χ0) is 28.9. The van der Waals surface area contributed by atoms with E-state index in [-0.39, 0.29) is 37.4 Å². The normalized spacial score (nSPS) is 11.8. The van der Waals surface area contributed by atoms with Gasteiger partial charge in [-0.15, -0.1) is 0 Å². The number of aromatic nitrogens is 6. The molecule has 0 bridgehead atoms. The molecular formula is C26H24FN7O6S. The Hall–Kier alpha value is -4.76. The average Bonchev–Trinajstić information content (AvgIpc) is 3.37. The molecular weight excluding hydrogens is 557 g/mol.